The number of nitrogens with two attached hydrogens (primary N) is 1. The molecule has 3 aromatic carbocycles. The number of nitrogens with one attached hydrogen (secondary N) is 1. The molecule has 0 aromatic heterocycles. The average molecular weight is 558 g/mol. The summed E-state index contributed by atoms with van der Waals surface area (Å²) >= 11 is 0. The number of nitriles is 1. The summed E-state index contributed by atoms with van der Waals surface area (Å²) in [4.78, 5) is 15.5. The third-order valence-electron chi connectivity index (χ3n) is 8.06. The summed E-state index contributed by atoms with van der Waals surface area (Å²) in [7, 11) is -1.52. The first-order valence-corrected chi connectivity index (χ1v) is 15.1. The Morgan fingerprint density at radius 3 is 2.20 bits per heavy atom. The predicted molar refractivity (Wildman–Crippen MR) is 155 cm³/mol. The SMILES string of the molecule is CN1CCN(S(=O)(=O)c2ccc(-c3ccc(C[C@H](C#N)NC(=O)[C@@]4(N)CCc5ccccc5C4)cc3)cc2)CC1. The van der Waals surface area contributed by atoms with Crippen LogP contribution in [0.3, 0.4) is 0 Å². The van der Waals surface area contributed by atoms with Crippen LogP contribution < -0.4 is 11.1 Å². The monoisotopic (exact) mass is 557 g/mol. The Kier molecular flexibility index (Phi) is 8.06. The zero-order valence-electron chi connectivity index (χ0n) is 22.7. The molecule has 0 unspecified atom stereocenters. The van der Waals surface area contributed by atoms with Crippen LogP contribution in [0, 0.1) is 11.3 Å². The third kappa shape index (κ3) is 5.96. The van der Waals surface area contributed by atoms with Crippen LogP contribution in [0.25, 0.3) is 11.1 Å². The van der Waals surface area contributed by atoms with Gasteiger partial charge in [0.25, 0.3) is 0 Å². The van der Waals surface area contributed by atoms with E-state index in [-0.39, 0.29) is 5.91 Å². The summed E-state index contributed by atoms with van der Waals surface area (Å²) in [5.41, 5.74) is 10.5. The van der Waals surface area contributed by atoms with Crippen LogP contribution in [0.4, 0.5) is 0 Å². The van der Waals surface area contributed by atoms with E-state index in [2.05, 4.69) is 22.4 Å². The first-order chi connectivity index (χ1) is 19.2. The zero-order chi connectivity index (χ0) is 28.3. The van der Waals surface area contributed by atoms with Gasteiger partial charge in [-0.2, -0.15) is 9.57 Å². The van der Waals surface area contributed by atoms with Crippen molar-refractivity contribution < 1.29 is 13.2 Å². The fourth-order valence-electron chi connectivity index (χ4n) is 5.45. The Morgan fingerprint density at radius 2 is 1.57 bits per heavy atom. The second-order valence-electron chi connectivity index (χ2n) is 10.9. The molecule has 8 nitrogen and oxygen atoms in total. The van der Waals surface area contributed by atoms with Crippen LogP contribution in [-0.4, -0.2) is 68.3 Å². The number of hydrogen-bond donors (Lipinski definition) is 2. The Bertz CT molecular complexity index is 1510. The first-order valence-electron chi connectivity index (χ1n) is 13.6. The molecule has 3 N–H and O–H groups in total. The van der Waals surface area contributed by atoms with Gasteiger partial charge in [0.2, 0.25) is 15.9 Å². The molecule has 0 bridgehead atoms. The normalized spacial score (nSPS) is 20.7. The molecular weight excluding hydrogens is 522 g/mol. The Hall–Kier alpha value is -3.55. The maximum atomic E-state index is 13.1. The molecule has 0 spiro atoms. The Labute approximate surface area is 236 Å². The minimum atomic E-state index is -3.51. The number of fused-ring (bicyclic) bond motifs is 1. The maximum Gasteiger partial charge on any atom is 0.243 e. The van der Waals surface area contributed by atoms with Gasteiger partial charge in [-0.1, -0.05) is 60.7 Å². The van der Waals surface area contributed by atoms with Crippen molar-refractivity contribution in [1.29, 1.82) is 5.26 Å². The molecule has 40 heavy (non-hydrogen) atoms. The molecule has 0 radical (unpaired) electrons. The smallest absolute Gasteiger partial charge is 0.243 e. The Morgan fingerprint density at radius 1 is 0.975 bits per heavy atom. The van der Waals surface area contributed by atoms with E-state index in [0.717, 1.165) is 41.8 Å². The summed E-state index contributed by atoms with van der Waals surface area (Å²) in [5, 5.41) is 12.6. The number of aryl methyl sites for hydroxylation is 1. The highest BCUT2D eigenvalue weighted by molar-refractivity contribution is 7.89. The van der Waals surface area contributed by atoms with Gasteiger partial charge in [0.05, 0.1) is 16.5 Å². The molecule has 9 heteroatoms. The van der Waals surface area contributed by atoms with Crippen LogP contribution in [0.5, 0.6) is 0 Å². The number of likely N-dealkylation sites (N-methyl/N-ethyl adjacent to an activating group) is 1. The summed E-state index contributed by atoms with van der Waals surface area (Å²) in [6.07, 6.45) is 2.09. The van der Waals surface area contributed by atoms with E-state index in [1.807, 2.05) is 61.6 Å². The van der Waals surface area contributed by atoms with Gasteiger partial charge in [-0.3, -0.25) is 4.79 Å². The van der Waals surface area contributed by atoms with E-state index >= 15 is 0 Å². The average Bonchev–Trinajstić information content (AvgIpc) is 2.97. The van der Waals surface area contributed by atoms with E-state index in [4.69, 9.17) is 5.73 Å². The quantitative estimate of drug-likeness (QED) is 0.461. The molecule has 1 fully saturated rings. The van der Waals surface area contributed by atoms with Crippen molar-refractivity contribution >= 4 is 15.9 Å². The van der Waals surface area contributed by atoms with Gasteiger partial charge in [-0.25, -0.2) is 8.42 Å². The fraction of sp³-hybridized carbons (Fsp3) is 0.355. The first kappa shape index (κ1) is 28.0. The number of rotatable bonds is 7. The van der Waals surface area contributed by atoms with Gasteiger partial charge in [-0.15, -0.1) is 0 Å². The van der Waals surface area contributed by atoms with Crippen LogP contribution in [0.1, 0.15) is 23.1 Å². The summed E-state index contributed by atoms with van der Waals surface area (Å²) in [6.45, 7) is 2.43. The number of piperazine rings is 1. The fourth-order valence-corrected chi connectivity index (χ4v) is 6.87. The summed E-state index contributed by atoms with van der Waals surface area (Å²) < 4.78 is 27.6. The molecule has 208 valence electrons. The lowest BCUT2D eigenvalue weighted by molar-refractivity contribution is -0.127. The highest BCUT2D eigenvalue weighted by Gasteiger charge is 2.38. The van der Waals surface area contributed by atoms with Crippen LogP contribution in [0.2, 0.25) is 0 Å². The third-order valence-corrected chi connectivity index (χ3v) is 9.97. The number of amides is 1. The van der Waals surface area contributed by atoms with Gasteiger partial charge in [0, 0.05) is 32.6 Å². The molecule has 5 rings (SSSR count). The second kappa shape index (κ2) is 11.5. The largest absolute Gasteiger partial charge is 0.338 e. The second-order valence-corrected chi connectivity index (χ2v) is 12.8. The van der Waals surface area contributed by atoms with E-state index in [0.29, 0.717) is 37.2 Å². The lowest BCUT2D eigenvalue weighted by Gasteiger charge is -2.34. The standard InChI is InChI=1S/C31H35N5O3S/c1-35-16-18-36(19-17-35)40(38,39)29-12-10-26(11-13-29)25-8-6-23(7-9-25)20-28(22-32)34-30(37)31(33)15-14-24-4-2-3-5-27(24)21-31/h2-13,28H,14-21,33H2,1H3,(H,34,37)/t28-,31-/m1/s1. The number of sulfonamides is 1. The van der Waals surface area contributed by atoms with Crippen molar-refractivity contribution in [2.45, 2.75) is 42.2 Å². The van der Waals surface area contributed by atoms with Crippen molar-refractivity contribution in [2.75, 3.05) is 33.2 Å². The number of hydrogen-bond acceptors (Lipinski definition) is 6. The molecule has 3 aromatic rings. The molecule has 1 saturated heterocycles. The van der Waals surface area contributed by atoms with Crippen molar-refractivity contribution in [2.24, 2.45) is 5.73 Å². The van der Waals surface area contributed by atoms with Gasteiger partial charge >= 0.3 is 0 Å². The van der Waals surface area contributed by atoms with Gasteiger partial charge in [0.1, 0.15) is 6.04 Å². The van der Waals surface area contributed by atoms with Crippen molar-refractivity contribution in [3.05, 3.63) is 89.5 Å². The van der Waals surface area contributed by atoms with Crippen molar-refractivity contribution in [3.63, 3.8) is 0 Å². The molecule has 1 aliphatic heterocycles. The van der Waals surface area contributed by atoms with Gasteiger partial charge in [0.15, 0.2) is 0 Å². The lowest BCUT2D eigenvalue weighted by atomic mass is 9.78. The van der Waals surface area contributed by atoms with E-state index in [9.17, 15) is 18.5 Å². The van der Waals surface area contributed by atoms with E-state index < -0.39 is 21.6 Å². The molecular formula is C31H35N5O3S. The zero-order valence-corrected chi connectivity index (χ0v) is 23.5. The van der Waals surface area contributed by atoms with E-state index in [1.165, 1.54) is 5.56 Å². The van der Waals surface area contributed by atoms with Crippen molar-refractivity contribution in [3.8, 4) is 17.2 Å². The lowest BCUT2D eigenvalue weighted by Crippen LogP contribution is -2.59. The Balaban J connectivity index is 1.21. The molecule has 1 amide bonds. The highest BCUT2D eigenvalue weighted by atomic mass is 32.2. The van der Waals surface area contributed by atoms with E-state index in [1.54, 1.807) is 16.4 Å². The number of benzene rings is 3. The maximum absolute atomic E-state index is 13.1. The predicted octanol–water partition coefficient (Wildman–Crippen LogP) is 2.73. The summed E-state index contributed by atoms with van der Waals surface area (Å²) in [6, 6.07) is 24.2. The molecule has 1 heterocycles. The number of carbonyl (C=O) groups excluding carboxylic acids is 1. The molecule has 2 atom stereocenters. The topological polar surface area (TPSA) is 120 Å². The highest BCUT2D eigenvalue weighted by Crippen LogP contribution is 2.28. The number of carbonyl (C=O) groups is 1. The van der Waals surface area contributed by atoms with Crippen LogP contribution in [-0.2, 0) is 34.1 Å². The van der Waals surface area contributed by atoms with Crippen molar-refractivity contribution in [1.82, 2.24) is 14.5 Å². The summed E-state index contributed by atoms with van der Waals surface area (Å²) in [5.74, 6) is -0.295. The minimum absolute atomic E-state index is 0.295. The number of nitrogens with zero attached hydrogens (tertiary/aromatic N) is 3. The van der Waals surface area contributed by atoms with Crippen LogP contribution in [0.15, 0.2) is 77.7 Å². The molecule has 1 aliphatic carbocycles. The molecule has 0 saturated carbocycles. The van der Waals surface area contributed by atoms with Gasteiger partial charge in [-0.05, 0) is 66.3 Å². The van der Waals surface area contributed by atoms with Gasteiger partial charge < -0.3 is 16.0 Å². The minimum Gasteiger partial charge on any atom is -0.338 e. The van der Waals surface area contributed by atoms with Crippen LogP contribution >= 0.6 is 0 Å². The molecule has 2 aliphatic rings.